The normalized spacial score (nSPS) is 11.5. The number of nitrogens with one attached hydrogen (secondary N) is 1. The summed E-state index contributed by atoms with van der Waals surface area (Å²) in [6.45, 7) is 2.15. The van der Waals surface area contributed by atoms with Crippen LogP contribution in [0.3, 0.4) is 0 Å². The minimum Gasteiger partial charge on any atom is -0.463 e. The van der Waals surface area contributed by atoms with E-state index in [1.807, 2.05) is 43.3 Å². The Kier molecular flexibility index (Phi) is 4.78. The molecule has 6 heteroatoms. The first kappa shape index (κ1) is 16.4. The van der Waals surface area contributed by atoms with Crippen molar-refractivity contribution in [2.75, 3.05) is 0 Å². The van der Waals surface area contributed by atoms with Gasteiger partial charge < -0.3 is 4.42 Å². The number of hydrogen-bond donors (Lipinski definition) is 1. The molecule has 3 rings (SSSR count). The van der Waals surface area contributed by atoms with Crippen LogP contribution in [0.5, 0.6) is 0 Å². The van der Waals surface area contributed by atoms with Gasteiger partial charge in [-0.1, -0.05) is 29.8 Å². The van der Waals surface area contributed by atoms with Crippen molar-refractivity contribution in [3.05, 3.63) is 77.7 Å². The van der Waals surface area contributed by atoms with Gasteiger partial charge in [0.25, 0.3) is 0 Å². The lowest BCUT2D eigenvalue weighted by atomic mass is 10.2. The zero-order valence-electron chi connectivity index (χ0n) is 13.3. The molecule has 0 atom stereocenters. The van der Waals surface area contributed by atoms with Crippen molar-refractivity contribution in [1.82, 2.24) is 9.71 Å². The van der Waals surface area contributed by atoms with Crippen LogP contribution in [0.15, 0.2) is 65.4 Å². The molecule has 5 nitrogen and oxygen atoms in total. The smallest absolute Gasteiger partial charge is 0.216 e. The second-order valence-corrected chi connectivity index (χ2v) is 7.40. The van der Waals surface area contributed by atoms with Gasteiger partial charge in [-0.05, 0) is 42.3 Å². The van der Waals surface area contributed by atoms with Gasteiger partial charge >= 0.3 is 0 Å². The SMILES string of the molecule is Cc1cccc(CS(=O)(=O)NCc2ccnc(-c3ccco3)c2)c1. The van der Waals surface area contributed by atoms with Gasteiger partial charge in [0.2, 0.25) is 10.0 Å². The second kappa shape index (κ2) is 6.98. The molecule has 3 aromatic rings. The number of aromatic nitrogens is 1. The summed E-state index contributed by atoms with van der Waals surface area (Å²) in [5.41, 5.74) is 3.31. The monoisotopic (exact) mass is 342 g/mol. The van der Waals surface area contributed by atoms with Gasteiger partial charge in [0.05, 0.1) is 12.0 Å². The number of nitrogens with zero attached hydrogens (tertiary/aromatic N) is 1. The van der Waals surface area contributed by atoms with Gasteiger partial charge in [0.1, 0.15) is 5.69 Å². The Balaban J connectivity index is 1.67. The minimum atomic E-state index is -3.41. The molecule has 1 N–H and O–H groups in total. The van der Waals surface area contributed by atoms with E-state index in [0.29, 0.717) is 11.5 Å². The molecular formula is C18H18N2O3S. The fourth-order valence-electron chi connectivity index (χ4n) is 2.41. The highest BCUT2D eigenvalue weighted by Gasteiger charge is 2.12. The molecule has 124 valence electrons. The van der Waals surface area contributed by atoms with Crippen LogP contribution in [0, 0.1) is 6.92 Å². The zero-order valence-corrected chi connectivity index (χ0v) is 14.1. The molecule has 0 amide bonds. The number of pyridine rings is 1. The third kappa shape index (κ3) is 4.31. The highest BCUT2D eigenvalue weighted by molar-refractivity contribution is 7.88. The van der Waals surface area contributed by atoms with E-state index in [1.54, 1.807) is 24.6 Å². The predicted octanol–water partition coefficient (Wildman–Crippen LogP) is 3.27. The van der Waals surface area contributed by atoms with Gasteiger partial charge in [-0.25, -0.2) is 13.1 Å². The summed E-state index contributed by atoms with van der Waals surface area (Å²) >= 11 is 0. The molecular weight excluding hydrogens is 324 g/mol. The van der Waals surface area contributed by atoms with E-state index in [-0.39, 0.29) is 12.3 Å². The number of hydrogen-bond acceptors (Lipinski definition) is 4. The first-order valence-corrected chi connectivity index (χ1v) is 9.19. The lowest BCUT2D eigenvalue weighted by Crippen LogP contribution is -2.24. The number of sulfonamides is 1. The molecule has 0 saturated heterocycles. The Labute approximate surface area is 141 Å². The summed E-state index contributed by atoms with van der Waals surface area (Å²) in [5.74, 6) is 0.615. The largest absolute Gasteiger partial charge is 0.463 e. The van der Waals surface area contributed by atoms with E-state index >= 15 is 0 Å². The molecule has 1 aromatic carbocycles. The fourth-order valence-corrected chi connectivity index (χ4v) is 3.52. The van der Waals surface area contributed by atoms with E-state index in [4.69, 9.17) is 4.42 Å². The molecule has 0 bridgehead atoms. The molecule has 2 heterocycles. The van der Waals surface area contributed by atoms with Crippen LogP contribution in [0.1, 0.15) is 16.7 Å². The van der Waals surface area contributed by atoms with Gasteiger partial charge in [0.15, 0.2) is 5.76 Å². The van der Waals surface area contributed by atoms with Crippen molar-refractivity contribution >= 4 is 10.0 Å². The molecule has 24 heavy (non-hydrogen) atoms. The number of furan rings is 1. The molecule has 0 radical (unpaired) electrons. The standard InChI is InChI=1S/C18H18N2O3S/c1-14-4-2-5-16(10-14)13-24(21,22)20-12-15-7-8-19-17(11-15)18-6-3-9-23-18/h2-11,20H,12-13H2,1H3. The van der Waals surface area contributed by atoms with Crippen molar-refractivity contribution in [2.45, 2.75) is 19.2 Å². The zero-order chi connectivity index (χ0) is 17.0. The van der Waals surface area contributed by atoms with Crippen LogP contribution < -0.4 is 4.72 Å². The van der Waals surface area contributed by atoms with Crippen LogP contribution in [0.25, 0.3) is 11.5 Å². The molecule has 0 saturated carbocycles. The Morgan fingerprint density at radius 1 is 1.08 bits per heavy atom. The molecule has 0 aliphatic carbocycles. The maximum atomic E-state index is 12.3. The van der Waals surface area contributed by atoms with Crippen molar-refractivity contribution in [3.63, 3.8) is 0 Å². The summed E-state index contributed by atoms with van der Waals surface area (Å²) in [6.07, 6.45) is 3.22. The lowest BCUT2D eigenvalue weighted by molar-refractivity contribution is 0.579. The van der Waals surface area contributed by atoms with Crippen molar-refractivity contribution in [2.24, 2.45) is 0 Å². The topological polar surface area (TPSA) is 72.2 Å². The van der Waals surface area contributed by atoms with Crippen molar-refractivity contribution in [3.8, 4) is 11.5 Å². The van der Waals surface area contributed by atoms with E-state index < -0.39 is 10.0 Å². The maximum absolute atomic E-state index is 12.3. The molecule has 0 aliphatic rings. The van der Waals surface area contributed by atoms with E-state index in [2.05, 4.69) is 9.71 Å². The number of benzene rings is 1. The quantitative estimate of drug-likeness (QED) is 0.746. The van der Waals surface area contributed by atoms with E-state index in [9.17, 15) is 8.42 Å². The van der Waals surface area contributed by atoms with Crippen LogP contribution >= 0.6 is 0 Å². The van der Waals surface area contributed by atoms with Crippen molar-refractivity contribution in [1.29, 1.82) is 0 Å². The maximum Gasteiger partial charge on any atom is 0.216 e. The Bertz CT molecular complexity index is 919. The van der Waals surface area contributed by atoms with Crippen LogP contribution in [-0.4, -0.2) is 13.4 Å². The van der Waals surface area contributed by atoms with Crippen molar-refractivity contribution < 1.29 is 12.8 Å². The van der Waals surface area contributed by atoms with Crippen LogP contribution in [0.2, 0.25) is 0 Å². The first-order valence-electron chi connectivity index (χ1n) is 7.53. The predicted molar refractivity (Wildman–Crippen MR) is 92.6 cm³/mol. The van der Waals surface area contributed by atoms with Gasteiger partial charge in [0, 0.05) is 12.7 Å². The summed E-state index contributed by atoms with van der Waals surface area (Å²) in [6, 6.07) is 14.7. The Hall–Kier alpha value is -2.44. The van der Waals surface area contributed by atoms with Crippen LogP contribution in [-0.2, 0) is 22.3 Å². The Morgan fingerprint density at radius 2 is 1.96 bits per heavy atom. The summed E-state index contributed by atoms with van der Waals surface area (Å²) in [7, 11) is -3.41. The van der Waals surface area contributed by atoms with Gasteiger partial charge in [-0.15, -0.1) is 0 Å². The first-order chi connectivity index (χ1) is 11.5. The number of aryl methyl sites for hydroxylation is 1. The van der Waals surface area contributed by atoms with E-state index in [1.165, 1.54) is 0 Å². The highest BCUT2D eigenvalue weighted by atomic mass is 32.2. The summed E-state index contributed by atoms with van der Waals surface area (Å²) in [5, 5.41) is 0. The average molecular weight is 342 g/mol. The van der Waals surface area contributed by atoms with Gasteiger partial charge in [-0.3, -0.25) is 4.98 Å². The summed E-state index contributed by atoms with van der Waals surface area (Å²) < 4.78 is 32.4. The number of rotatable bonds is 6. The second-order valence-electron chi connectivity index (χ2n) is 5.60. The molecule has 0 aliphatic heterocycles. The van der Waals surface area contributed by atoms with Crippen LogP contribution in [0.4, 0.5) is 0 Å². The third-order valence-electron chi connectivity index (χ3n) is 3.53. The average Bonchev–Trinajstić information content (AvgIpc) is 3.07. The van der Waals surface area contributed by atoms with E-state index in [0.717, 1.165) is 16.7 Å². The van der Waals surface area contributed by atoms with Gasteiger partial charge in [-0.2, -0.15) is 0 Å². The lowest BCUT2D eigenvalue weighted by Gasteiger charge is -2.08. The fraction of sp³-hybridized carbons (Fsp3) is 0.167. The molecule has 0 fully saturated rings. The minimum absolute atomic E-state index is 0.0369. The Morgan fingerprint density at radius 3 is 2.71 bits per heavy atom. The molecule has 2 aromatic heterocycles. The molecule has 0 unspecified atom stereocenters. The molecule has 0 spiro atoms. The summed E-state index contributed by atoms with van der Waals surface area (Å²) in [4.78, 5) is 4.23. The highest BCUT2D eigenvalue weighted by Crippen LogP contribution is 2.18. The third-order valence-corrected chi connectivity index (χ3v) is 4.83.